The van der Waals surface area contributed by atoms with Crippen LogP contribution in [0.2, 0.25) is 0 Å². The SMILES string of the molecule is COc1cccc([C@@H]2C[C@H](C(F)(F)F)n3ncc(C(=O)N4C[C@]5(C)C[C@@H]4CC(C)(C)C5)c3N2)c1. The topological polar surface area (TPSA) is 59.4 Å². The molecule has 3 aliphatic rings. The standard InChI is InChI=1S/C25H31F3N4O2/c1-23(2)10-16-11-24(3,13-23)14-31(16)22(33)18-12-29-32-20(25(26,27)28)9-19(30-21(18)32)15-6-5-7-17(8-15)34-4/h5-8,12,16,19-20,30H,9-11,13-14H2,1-4H3/t16-,19-,20+,24+/m0/s1. The molecule has 1 saturated carbocycles. The molecule has 2 aromatic rings. The number of likely N-dealkylation sites (tertiary alicyclic amines) is 1. The fourth-order valence-corrected chi connectivity index (χ4v) is 6.65. The van der Waals surface area contributed by atoms with E-state index in [0.29, 0.717) is 17.9 Å². The number of carbonyl (C=O) groups excluding carboxylic acids is 1. The number of fused-ring (bicyclic) bond motifs is 3. The highest BCUT2D eigenvalue weighted by atomic mass is 19.4. The number of hydrogen-bond donors (Lipinski definition) is 1. The maximum absolute atomic E-state index is 14.1. The molecular weight excluding hydrogens is 445 g/mol. The van der Waals surface area contributed by atoms with Crippen LogP contribution in [-0.4, -0.2) is 46.5 Å². The number of alkyl halides is 3. The molecule has 6 nitrogen and oxygen atoms in total. The van der Waals surface area contributed by atoms with Gasteiger partial charge in [0.1, 0.15) is 17.1 Å². The lowest BCUT2D eigenvalue weighted by Crippen LogP contribution is -2.39. The number of aromatic nitrogens is 2. The fraction of sp³-hybridized carbons (Fsp3) is 0.600. The molecule has 2 aliphatic heterocycles. The van der Waals surface area contributed by atoms with Crippen LogP contribution >= 0.6 is 0 Å². The first-order valence-electron chi connectivity index (χ1n) is 11.7. The van der Waals surface area contributed by atoms with Gasteiger partial charge in [-0.05, 0) is 47.8 Å². The molecule has 1 amide bonds. The highest BCUT2D eigenvalue weighted by molar-refractivity contribution is 5.99. The van der Waals surface area contributed by atoms with Gasteiger partial charge in [0.05, 0.1) is 19.3 Å². The molecule has 1 aliphatic carbocycles. The maximum atomic E-state index is 14.1. The van der Waals surface area contributed by atoms with Gasteiger partial charge in [0.25, 0.3) is 5.91 Å². The second-order valence-electron chi connectivity index (χ2n) is 11.3. The monoisotopic (exact) mass is 476 g/mol. The van der Waals surface area contributed by atoms with Gasteiger partial charge in [-0.3, -0.25) is 4.79 Å². The van der Waals surface area contributed by atoms with Crippen LogP contribution in [0, 0.1) is 10.8 Å². The summed E-state index contributed by atoms with van der Waals surface area (Å²) in [7, 11) is 1.52. The number of carbonyl (C=O) groups is 1. The molecule has 5 rings (SSSR count). The summed E-state index contributed by atoms with van der Waals surface area (Å²) in [6, 6.07) is 4.64. The van der Waals surface area contributed by atoms with Crippen LogP contribution in [0.15, 0.2) is 30.5 Å². The van der Waals surface area contributed by atoms with Crippen molar-refractivity contribution in [3.63, 3.8) is 0 Å². The molecule has 1 N–H and O–H groups in total. The molecule has 2 bridgehead atoms. The fourth-order valence-electron chi connectivity index (χ4n) is 6.65. The third kappa shape index (κ3) is 3.92. The van der Waals surface area contributed by atoms with Gasteiger partial charge in [-0.15, -0.1) is 0 Å². The number of amides is 1. The Morgan fingerprint density at radius 1 is 1.24 bits per heavy atom. The van der Waals surface area contributed by atoms with E-state index in [0.717, 1.165) is 23.9 Å². The van der Waals surface area contributed by atoms with Crippen molar-refractivity contribution in [2.24, 2.45) is 10.8 Å². The smallest absolute Gasteiger partial charge is 0.410 e. The van der Waals surface area contributed by atoms with E-state index in [1.165, 1.54) is 13.3 Å². The van der Waals surface area contributed by atoms with E-state index >= 15 is 0 Å². The zero-order chi connectivity index (χ0) is 24.5. The highest BCUT2D eigenvalue weighted by Gasteiger charge is 2.52. The minimum atomic E-state index is -4.50. The predicted molar refractivity (Wildman–Crippen MR) is 122 cm³/mol. The van der Waals surface area contributed by atoms with Crippen LogP contribution in [0.3, 0.4) is 0 Å². The Hall–Kier alpha value is -2.71. The van der Waals surface area contributed by atoms with Crippen molar-refractivity contribution in [1.29, 1.82) is 0 Å². The van der Waals surface area contributed by atoms with Crippen molar-refractivity contribution in [2.75, 3.05) is 19.0 Å². The molecule has 0 radical (unpaired) electrons. The normalized spacial score (nSPS) is 30.0. The third-order valence-corrected chi connectivity index (χ3v) is 7.64. The molecule has 2 fully saturated rings. The zero-order valence-electron chi connectivity index (χ0n) is 19.9. The molecule has 1 aromatic heterocycles. The lowest BCUT2D eigenvalue weighted by Gasteiger charge is -2.39. The number of rotatable bonds is 3. The molecule has 9 heteroatoms. The summed E-state index contributed by atoms with van der Waals surface area (Å²) >= 11 is 0. The first-order chi connectivity index (χ1) is 15.9. The van der Waals surface area contributed by atoms with E-state index in [4.69, 9.17) is 4.74 Å². The van der Waals surface area contributed by atoms with Crippen LogP contribution in [0.25, 0.3) is 0 Å². The zero-order valence-corrected chi connectivity index (χ0v) is 19.9. The molecule has 184 valence electrons. The van der Waals surface area contributed by atoms with E-state index in [1.807, 2.05) is 4.90 Å². The van der Waals surface area contributed by atoms with Gasteiger partial charge >= 0.3 is 6.18 Å². The van der Waals surface area contributed by atoms with E-state index in [9.17, 15) is 18.0 Å². The average Bonchev–Trinajstić information content (AvgIpc) is 3.28. The van der Waals surface area contributed by atoms with Crippen molar-refractivity contribution < 1.29 is 22.7 Å². The largest absolute Gasteiger partial charge is 0.497 e. The van der Waals surface area contributed by atoms with E-state index < -0.39 is 18.3 Å². The molecule has 0 unspecified atom stereocenters. The Morgan fingerprint density at radius 3 is 2.71 bits per heavy atom. The number of methoxy groups -OCH3 is 1. The molecule has 4 atom stereocenters. The number of hydrogen-bond acceptors (Lipinski definition) is 4. The number of ether oxygens (including phenoxy) is 1. The van der Waals surface area contributed by atoms with Crippen molar-refractivity contribution in [1.82, 2.24) is 14.7 Å². The van der Waals surface area contributed by atoms with Crippen molar-refractivity contribution in [3.8, 4) is 5.75 Å². The summed E-state index contributed by atoms with van der Waals surface area (Å²) in [5, 5.41) is 7.25. The summed E-state index contributed by atoms with van der Waals surface area (Å²) in [6.45, 7) is 7.27. The molecule has 34 heavy (non-hydrogen) atoms. The van der Waals surface area contributed by atoms with Crippen molar-refractivity contribution in [2.45, 2.75) is 70.8 Å². The van der Waals surface area contributed by atoms with Gasteiger partial charge in [0.2, 0.25) is 0 Å². The van der Waals surface area contributed by atoms with E-state index in [2.05, 4.69) is 31.2 Å². The lowest BCUT2D eigenvalue weighted by atomic mass is 9.65. The number of nitrogens with one attached hydrogen (secondary N) is 1. The van der Waals surface area contributed by atoms with Crippen LogP contribution in [0.4, 0.5) is 19.0 Å². The lowest BCUT2D eigenvalue weighted by molar-refractivity contribution is -0.173. The first kappa shape index (κ1) is 23.1. The molecule has 3 heterocycles. The molecular formula is C25H31F3N4O2. The molecule has 1 saturated heterocycles. The van der Waals surface area contributed by atoms with Crippen molar-refractivity contribution in [3.05, 3.63) is 41.6 Å². The quantitative estimate of drug-likeness (QED) is 0.627. The summed E-state index contributed by atoms with van der Waals surface area (Å²) in [5.74, 6) is 0.461. The van der Waals surface area contributed by atoms with Crippen molar-refractivity contribution >= 4 is 11.7 Å². The minimum Gasteiger partial charge on any atom is -0.497 e. The second-order valence-corrected chi connectivity index (χ2v) is 11.3. The van der Waals surface area contributed by atoms with Gasteiger partial charge in [0, 0.05) is 19.0 Å². The Morgan fingerprint density at radius 2 is 2.00 bits per heavy atom. The van der Waals surface area contributed by atoms with E-state index in [-0.39, 0.29) is 40.6 Å². The Bertz CT molecular complexity index is 1110. The van der Waals surface area contributed by atoms with Gasteiger partial charge < -0.3 is 15.0 Å². The van der Waals surface area contributed by atoms with E-state index in [1.54, 1.807) is 24.3 Å². The van der Waals surface area contributed by atoms with Gasteiger partial charge in [-0.1, -0.05) is 32.9 Å². The first-order valence-corrected chi connectivity index (χ1v) is 11.7. The number of anilines is 1. The number of halogens is 3. The Kier molecular flexibility index (Phi) is 5.19. The summed E-state index contributed by atoms with van der Waals surface area (Å²) in [5.41, 5.74) is 1.03. The van der Waals surface area contributed by atoms with Crippen LogP contribution in [0.1, 0.15) is 74.5 Å². The van der Waals surface area contributed by atoms with Crippen LogP contribution in [-0.2, 0) is 0 Å². The van der Waals surface area contributed by atoms with Crippen LogP contribution in [0.5, 0.6) is 5.75 Å². The Balaban J connectivity index is 1.50. The highest BCUT2D eigenvalue weighted by Crippen LogP contribution is 2.53. The predicted octanol–water partition coefficient (Wildman–Crippen LogP) is 5.59. The summed E-state index contributed by atoms with van der Waals surface area (Å²) in [6.07, 6.45) is -0.578. The van der Waals surface area contributed by atoms with Crippen LogP contribution < -0.4 is 10.1 Å². The summed E-state index contributed by atoms with van der Waals surface area (Å²) in [4.78, 5) is 15.6. The number of benzene rings is 1. The third-order valence-electron chi connectivity index (χ3n) is 7.64. The number of nitrogens with zero attached hydrogens (tertiary/aromatic N) is 3. The Labute approximate surface area is 197 Å². The second kappa shape index (κ2) is 7.65. The summed E-state index contributed by atoms with van der Waals surface area (Å²) < 4.78 is 48.4. The van der Waals surface area contributed by atoms with Gasteiger partial charge in [0.15, 0.2) is 6.04 Å². The maximum Gasteiger partial charge on any atom is 0.410 e. The molecule has 0 spiro atoms. The van der Waals surface area contributed by atoms with Gasteiger partial charge in [-0.25, -0.2) is 4.68 Å². The molecule has 1 aromatic carbocycles. The average molecular weight is 477 g/mol. The minimum absolute atomic E-state index is 0.0281. The van der Waals surface area contributed by atoms with Gasteiger partial charge in [-0.2, -0.15) is 18.3 Å².